The summed E-state index contributed by atoms with van der Waals surface area (Å²) in [5, 5.41) is 15.2. The summed E-state index contributed by atoms with van der Waals surface area (Å²) in [5.74, 6) is 0.661. The molecule has 1 rings (SSSR count). The molecule has 0 saturated heterocycles. The van der Waals surface area contributed by atoms with Gasteiger partial charge in [0.1, 0.15) is 5.82 Å². The standard InChI is InChI=1S/C12H24N6O/c1-18(6-7-19)5-4-15-2-3-16-12-11(14)8-10(13)9-17-12/h8-9,15,19H,2-7,13-14H2,1H3,(H,16,17). The molecule has 0 aromatic carbocycles. The molecule has 1 aromatic heterocycles. The van der Waals surface area contributed by atoms with Gasteiger partial charge in [-0.25, -0.2) is 4.98 Å². The minimum absolute atomic E-state index is 0.195. The van der Waals surface area contributed by atoms with E-state index in [1.807, 2.05) is 7.05 Å². The Morgan fingerprint density at radius 3 is 2.74 bits per heavy atom. The van der Waals surface area contributed by atoms with Crippen LogP contribution < -0.4 is 22.1 Å². The number of nitrogen functional groups attached to an aromatic ring is 2. The first-order valence-corrected chi connectivity index (χ1v) is 6.38. The number of hydrogen-bond donors (Lipinski definition) is 5. The first kappa shape index (κ1) is 15.5. The monoisotopic (exact) mass is 268 g/mol. The van der Waals surface area contributed by atoms with Crippen molar-refractivity contribution >= 4 is 17.2 Å². The molecule has 108 valence electrons. The van der Waals surface area contributed by atoms with Crippen LogP contribution in [-0.4, -0.2) is 61.4 Å². The zero-order valence-corrected chi connectivity index (χ0v) is 11.4. The lowest BCUT2D eigenvalue weighted by atomic mass is 10.3. The van der Waals surface area contributed by atoms with Crippen LogP contribution in [-0.2, 0) is 0 Å². The molecule has 7 N–H and O–H groups in total. The lowest BCUT2D eigenvalue weighted by Crippen LogP contribution is -2.33. The molecule has 0 saturated carbocycles. The van der Waals surface area contributed by atoms with Crippen LogP contribution in [0, 0.1) is 0 Å². The summed E-state index contributed by atoms with van der Waals surface area (Å²) in [6, 6.07) is 1.69. The number of hydrogen-bond acceptors (Lipinski definition) is 7. The highest BCUT2D eigenvalue weighted by Crippen LogP contribution is 2.16. The van der Waals surface area contributed by atoms with Crippen LogP contribution >= 0.6 is 0 Å². The molecule has 0 unspecified atom stereocenters. The van der Waals surface area contributed by atoms with Crippen molar-refractivity contribution in [1.29, 1.82) is 0 Å². The normalized spacial score (nSPS) is 10.9. The SMILES string of the molecule is CN(CCO)CCNCCNc1ncc(N)cc1N. The van der Waals surface area contributed by atoms with Crippen LogP contribution in [0.25, 0.3) is 0 Å². The predicted molar refractivity (Wildman–Crippen MR) is 79.0 cm³/mol. The minimum atomic E-state index is 0.195. The number of anilines is 3. The van der Waals surface area contributed by atoms with Gasteiger partial charge >= 0.3 is 0 Å². The minimum Gasteiger partial charge on any atom is -0.397 e. The zero-order valence-electron chi connectivity index (χ0n) is 11.4. The summed E-state index contributed by atoms with van der Waals surface area (Å²) < 4.78 is 0. The first-order chi connectivity index (χ1) is 9.13. The summed E-state index contributed by atoms with van der Waals surface area (Å²) in [7, 11) is 1.98. The lowest BCUT2D eigenvalue weighted by molar-refractivity contribution is 0.222. The van der Waals surface area contributed by atoms with E-state index in [9.17, 15) is 0 Å². The van der Waals surface area contributed by atoms with E-state index >= 15 is 0 Å². The highest BCUT2D eigenvalue weighted by atomic mass is 16.3. The lowest BCUT2D eigenvalue weighted by Gasteiger charge is -2.15. The number of likely N-dealkylation sites (N-methyl/N-ethyl adjacent to an activating group) is 1. The number of nitrogens with two attached hydrogens (primary N) is 2. The van der Waals surface area contributed by atoms with Gasteiger partial charge in [-0.05, 0) is 13.1 Å². The Labute approximate surface area is 114 Å². The van der Waals surface area contributed by atoms with Crippen LogP contribution in [0.5, 0.6) is 0 Å². The Hall–Kier alpha value is -1.57. The van der Waals surface area contributed by atoms with Crippen molar-refractivity contribution in [3.8, 4) is 0 Å². The number of pyridine rings is 1. The maximum absolute atomic E-state index is 8.75. The molecule has 7 nitrogen and oxygen atoms in total. The largest absolute Gasteiger partial charge is 0.397 e. The Morgan fingerprint density at radius 1 is 1.26 bits per heavy atom. The summed E-state index contributed by atoms with van der Waals surface area (Å²) >= 11 is 0. The van der Waals surface area contributed by atoms with Crippen LogP contribution in [0.2, 0.25) is 0 Å². The van der Waals surface area contributed by atoms with Crippen LogP contribution in [0.15, 0.2) is 12.3 Å². The highest BCUT2D eigenvalue weighted by Gasteiger charge is 2.00. The van der Waals surface area contributed by atoms with Crippen LogP contribution in [0.3, 0.4) is 0 Å². The van der Waals surface area contributed by atoms with E-state index < -0.39 is 0 Å². The predicted octanol–water partition coefficient (Wildman–Crippen LogP) is -0.828. The maximum Gasteiger partial charge on any atom is 0.149 e. The highest BCUT2D eigenvalue weighted by molar-refractivity contribution is 5.65. The summed E-state index contributed by atoms with van der Waals surface area (Å²) in [6.45, 7) is 4.24. The molecule has 0 aliphatic carbocycles. The molecule has 1 heterocycles. The third-order valence-electron chi connectivity index (χ3n) is 2.68. The molecule has 7 heteroatoms. The van der Waals surface area contributed by atoms with E-state index in [2.05, 4.69) is 20.5 Å². The van der Waals surface area contributed by atoms with Gasteiger partial charge in [0.05, 0.1) is 24.2 Å². The van der Waals surface area contributed by atoms with Gasteiger partial charge in [-0.15, -0.1) is 0 Å². The second kappa shape index (κ2) is 8.52. The smallest absolute Gasteiger partial charge is 0.149 e. The second-order valence-electron chi connectivity index (χ2n) is 4.41. The quantitative estimate of drug-likeness (QED) is 0.372. The molecule has 19 heavy (non-hydrogen) atoms. The van der Waals surface area contributed by atoms with Crippen molar-refractivity contribution in [2.75, 3.05) is 63.2 Å². The number of rotatable bonds is 9. The Balaban J connectivity index is 2.11. The zero-order chi connectivity index (χ0) is 14.1. The summed E-state index contributed by atoms with van der Waals surface area (Å²) in [5.41, 5.74) is 12.5. The number of aliphatic hydroxyl groups is 1. The molecule has 0 spiro atoms. The average molecular weight is 268 g/mol. The molecule has 0 aliphatic rings. The Bertz CT molecular complexity index is 373. The van der Waals surface area contributed by atoms with Gasteiger partial charge in [0.15, 0.2) is 0 Å². The number of nitrogens with one attached hydrogen (secondary N) is 2. The second-order valence-corrected chi connectivity index (χ2v) is 4.41. The number of nitrogens with zero attached hydrogens (tertiary/aromatic N) is 2. The van der Waals surface area contributed by atoms with Crippen molar-refractivity contribution in [1.82, 2.24) is 15.2 Å². The van der Waals surface area contributed by atoms with Gasteiger partial charge in [-0.1, -0.05) is 0 Å². The van der Waals surface area contributed by atoms with Crippen LogP contribution in [0.4, 0.5) is 17.2 Å². The molecule has 0 aliphatic heterocycles. The Kier molecular flexibility index (Phi) is 6.94. The molecule has 0 bridgehead atoms. The number of aromatic nitrogens is 1. The van der Waals surface area contributed by atoms with Gasteiger partial charge < -0.3 is 32.1 Å². The average Bonchev–Trinajstić information content (AvgIpc) is 2.36. The molecular weight excluding hydrogens is 244 g/mol. The van der Waals surface area contributed by atoms with E-state index in [0.717, 1.165) is 26.2 Å². The molecule has 1 aromatic rings. The van der Waals surface area contributed by atoms with Crippen LogP contribution in [0.1, 0.15) is 0 Å². The van der Waals surface area contributed by atoms with Crippen molar-refractivity contribution < 1.29 is 5.11 Å². The molecule has 0 radical (unpaired) electrons. The van der Waals surface area contributed by atoms with E-state index in [4.69, 9.17) is 16.6 Å². The topological polar surface area (TPSA) is 112 Å². The van der Waals surface area contributed by atoms with E-state index in [-0.39, 0.29) is 6.61 Å². The Morgan fingerprint density at radius 2 is 2.05 bits per heavy atom. The van der Waals surface area contributed by atoms with Gasteiger partial charge in [0.2, 0.25) is 0 Å². The first-order valence-electron chi connectivity index (χ1n) is 6.38. The van der Waals surface area contributed by atoms with E-state index in [0.29, 0.717) is 23.7 Å². The van der Waals surface area contributed by atoms with Gasteiger partial charge in [0.25, 0.3) is 0 Å². The van der Waals surface area contributed by atoms with Gasteiger partial charge in [-0.2, -0.15) is 0 Å². The molecular formula is C12H24N6O. The summed E-state index contributed by atoms with van der Waals surface area (Å²) in [6.07, 6.45) is 1.58. The van der Waals surface area contributed by atoms with Gasteiger partial charge in [-0.3, -0.25) is 0 Å². The molecule has 0 amide bonds. The molecule has 0 fully saturated rings. The fraction of sp³-hybridized carbons (Fsp3) is 0.583. The van der Waals surface area contributed by atoms with Crippen molar-refractivity contribution in [3.63, 3.8) is 0 Å². The van der Waals surface area contributed by atoms with Crippen molar-refractivity contribution in [2.45, 2.75) is 0 Å². The fourth-order valence-corrected chi connectivity index (χ4v) is 1.59. The van der Waals surface area contributed by atoms with Crippen molar-refractivity contribution in [2.24, 2.45) is 0 Å². The fourth-order valence-electron chi connectivity index (χ4n) is 1.59. The van der Waals surface area contributed by atoms with Gasteiger partial charge in [0, 0.05) is 32.7 Å². The summed E-state index contributed by atoms with van der Waals surface area (Å²) in [4.78, 5) is 6.19. The van der Waals surface area contributed by atoms with E-state index in [1.165, 1.54) is 0 Å². The maximum atomic E-state index is 8.75. The van der Waals surface area contributed by atoms with E-state index in [1.54, 1.807) is 12.3 Å². The molecule has 0 atom stereocenters. The third-order valence-corrected chi connectivity index (χ3v) is 2.68. The number of aliphatic hydroxyl groups excluding tert-OH is 1. The van der Waals surface area contributed by atoms with Crippen molar-refractivity contribution in [3.05, 3.63) is 12.3 Å². The third kappa shape index (κ3) is 6.23.